The average Bonchev–Trinajstić information content (AvgIpc) is 3.89. The lowest BCUT2D eigenvalue weighted by Gasteiger charge is -2.26. The van der Waals surface area contributed by atoms with Gasteiger partial charge < -0.3 is 39.5 Å². The highest BCUT2D eigenvalue weighted by Crippen LogP contribution is 2.33. The highest BCUT2D eigenvalue weighted by molar-refractivity contribution is 5.88. The molecule has 1 fully saturated rings. The number of nitro groups is 1. The first-order valence-corrected chi connectivity index (χ1v) is 22.5. The summed E-state index contributed by atoms with van der Waals surface area (Å²) in [6.45, 7) is 10.3. The minimum atomic E-state index is -1.11. The summed E-state index contributed by atoms with van der Waals surface area (Å²) in [7, 11) is 0. The number of aromatic nitrogens is 8. The van der Waals surface area contributed by atoms with Gasteiger partial charge in [-0.1, -0.05) is 70.2 Å². The second kappa shape index (κ2) is 22.6. The quantitative estimate of drug-likeness (QED) is 0.0335. The summed E-state index contributed by atoms with van der Waals surface area (Å²) in [4.78, 5) is 73.8. The van der Waals surface area contributed by atoms with E-state index in [1.807, 2.05) is 6.92 Å². The number of hydrogen-bond donors (Lipinski definition) is 4. The number of nitrogens with zero attached hydrogens (tertiary/aromatic N) is 10. The van der Waals surface area contributed by atoms with Gasteiger partial charge in [-0.25, -0.2) is 19.7 Å². The summed E-state index contributed by atoms with van der Waals surface area (Å²) in [6.07, 6.45) is 12.1. The first kappa shape index (κ1) is 49.0. The molecule has 7 rings (SSSR count). The van der Waals surface area contributed by atoms with E-state index in [0.29, 0.717) is 41.8 Å². The lowest BCUT2D eigenvalue weighted by Crippen LogP contribution is -2.38. The number of carboxylic acids is 2. The Labute approximate surface area is 387 Å². The molecule has 0 bridgehead atoms. The van der Waals surface area contributed by atoms with Crippen LogP contribution in [-0.4, -0.2) is 90.9 Å². The van der Waals surface area contributed by atoms with Crippen LogP contribution in [-0.2, 0) is 34.0 Å². The van der Waals surface area contributed by atoms with E-state index < -0.39 is 35.1 Å². The summed E-state index contributed by atoms with van der Waals surface area (Å²) in [6, 6.07) is 14.2. The Morgan fingerprint density at radius 3 is 2.06 bits per heavy atom. The molecule has 0 radical (unpaired) electrons. The molecule has 0 atom stereocenters. The van der Waals surface area contributed by atoms with Gasteiger partial charge in [-0.2, -0.15) is 19.9 Å². The zero-order chi connectivity index (χ0) is 48.1. The normalized spacial score (nSPS) is 12.9. The molecular formula is C46H58N12O9. The number of nitro benzene ring substituents is 1. The summed E-state index contributed by atoms with van der Waals surface area (Å²) >= 11 is 0. The van der Waals surface area contributed by atoms with Crippen LogP contribution in [0.25, 0.3) is 22.3 Å². The molecule has 4 aromatic heterocycles. The van der Waals surface area contributed by atoms with E-state index in [1.54, 1.807) is 20.8 Å². The number of anilines is 3. The number of ether oxygens (including phenoxy) is 2. The van der Waals surface area contributed by atoms with Gasteiger partial charge in [0.15, 0.2) is 28.1 Å². The number of fused-ring (bicyclic) bond motifs is 2. The van der Waals surface area contributed by atoms with E-state index in [9.17, 15) is 34.7 Å². The molecule has 2 aromatic carbocycles. The predicted octanol–water partition coefficient (Wildman–Crippen LogP) is 8.94. The lowest BCUT2D eigenvalue weighted by atomic mass is 9.84. The Morgan fingerprint density at radius 2 is 1.46 bits per heavy atom. The van der Waals surface area contributed by atoms with Gasteiger partial charge >= 0.3 is 18.0 Å². The van der Waals surface area contributed by atoms with Crippen molar-refractivity contribution in [2.75, 3.05) is 28.6 Å². The molecule has 21 nitrogen and oxygen atoms in total. The van der Waals surface area contributed by atoms with Crippen LogP contribution in [0.15, 0.2) is 61.2 Å². The van der Waals surface area contributed by atoms with Crippen LogP contribution in [0.5, 0.6) is 11.6 Å². The second-order valence-electron chi connectivity index (χ2n) is 17.2. The summed E-state index contributed by atoms with van der Waals surface area (Å²) in [5, 5.41) is 36.0. The first-order chi connectivity index (χ1) is 32.1. The van der Waals surface area contributed by atoms with E-state index in [-0.39, 0.29) is 47.5 Å². The Morgan fingerprint density at radius 1 is 0.821 bits per heavy atom. The van der Waals surface area contributed by atoms with Crippen LogP contribution < -0.4 is 20.3 Å². The number of benzene rings is 2. The molecule has 4 N–H and O–H groups in total. The fraction of sp³-hybridized carbons (Fsp3) is 0.457. The molecule has 0 spiro atoms. The number of carboxylic acid groups (broad SMARTS) is 2. The molecule has 1 aliphatic carbocycles. The number of imidazole rings is 2. The Hall–Kier alpha value is -7.45. The maximum absolute atomic E-state index is 13.1. The molecule has 0 unspecified atom stereocenters. The van der Waals surface area contributed by atoms with Crippen molar-refractivity contribution < 1.29 is 39.0 Å². The fourth-order valence-electron chi connectivity index (χ4n) is 7.39. The SMILES string of the molecule is CCCCCN(C(=O)OC(C)(C)C)c1nc(Oc2ccc([N+](=O)[O-])cc2)c2ncn(CC(=O)O)c2n1.CCCNc1nc(NCc2ccc(C3CCCCC3)cc2)nc2c1ncn2CC(=O)O. The van der Waals surface area contributed by atoms with Crippen LogP contribution in [0.1, 0.15) is 109 Å². The molecule has 0 saturated heterocycles. The molecule has 1 amide bonds. The number of aliphatic carboxylic acids is 2. The standard InChI is InChI=1S/C23H28N6O7.C23H30N6O2/c1-5-6-7-12-28(22(32)36-23(2,3)4)21-25-19-18(24-14-27(19)13-17(30)31)20(26-21)35-16-10-8-15(9-11-16)29(33)34;1-2-12-24-21-20-22(29(15-26-20)14-19(30)31)28-23(27-21)25-13-16-8-10-18(11-9-16)17-6-4-3-5-7-17/h8-11,14H,5-7,12-13H2,1-4H3,(H,30,31);8-11,15,17H,2-7,12-14H2,1H3,(H,30,31)(H2,24,25,27,28). The molecule has 356 valence electrons. The summed E-state index contributed by atoms with van der Waals surface area (Å²) < 4.78 is 14.2. The predicted molar refractivity (Wildman–Crippen MR) is 251 cm³/mol. The maximum Gasteiger partial charge on any atom is 0.417 e. The van der Waals surface area contributed by atoms with Crippen molar-refractivity contribution >= 4 is 63.8 Å². The van der Waals surface area contributed by atoms with Crippen molar-refractivity contribution in [2.45, 2.75) is 124 Å². The fourth-order valence-corrected chi connectivity index (χ4v) is 7.39. The maximum atomic E-state index is 13.1. The molecule has 1 aliphatic rings. The summed E-state index contributed by atoms with van der Waals surface area (Å²) in [5.41, 5.74) is 3.10. The van der Waals surface area contributed by atoms with Crippen molar-refractivity contribution in [3.63, 3.8) is 0 Å². The molecule has 21 heteroatoms. The highest BCUT2D eigenvalue weighted by Gasteiger charge is 2.28. The van der Waals surface area contributed by atoms with Gasteiger partial charge in [0.1, 0.15) is 24.4 Å². The number of nitrogens with one attached hydrogen (secondary N) is 2. The number of carbonyl (C=O) groups excluding carboxylic acids is 1. The second-order valence-corrected chi connectivity index (χ2v) is 17.2. The average molecular weight is 923 g/mol. The molecule has 1 saturated carbocycles. The highest BCUT2D eigenvalue weighted by atomic mass is 16.6. The number of hydrogen-bond acceptors (Lipinski definition) is 15. The Balaban J connectivity index is 0.000000223. The third kappa shape index (κ3) is 13.6. The molecule has 67 heavy (non-hydrogen) atoms. The van der Waals surface area contributed by atoms with Crippen LogP contribution in [0.2, 0.25) is 0 Å². The van der Waals surface area contributed by atoms with E-state index in [0.717, 1.165) is 31.4 Å². The van der Waals surface area contributed by atoms with Gasteiger partial charge in [-0.15, -0.1) is 0 Å². The van der Waals surface area contributed by atoms with Gasteiger partial charge in [-0.3, -0.25) is 19.7 Å². The third-order valence-electron chi connectivity index (χ3n) is 10.6. The van der Waals surface area contributed by atoms with Gasteiger partial charge in [0.05, 0.1) is 17.6 Å². The molecule has 4 heterocycles. The van der Waals surface area contributed by atoms with Gasteiger partial charge in [0, 0.05) is 31.8 Å². The number of carbonyl (C=O) groups is 3. The zero-order valence-corrected chi connectivity index (χ0v) is 38.5. The molecule has 6 aromatic rings. The molecular weight excluding hydrogens is 865 g/mol. The van der Waals surface area contributed by atoms with Crippen LogP contribution in [0.3, 0.4) is 0 Å². The van der Waals surface area contributed by atoms with Crippen molar-refractivity contribution in [2.24, 2.45) is 0 Å². The smallest absolute Gasteiger partial charge is 0.417 e. The monoisotopic (exact) mass is 922 g/mol. The van der Waals surface area contributed by atoms with Crippen molar-refractivity contribution in [3.8, 4) is 11.6 Å². The number of unbranched alkanes of at least 4 members (excludes halogenated alkanes) is 2. The van der Waals surface area contributed by atoms with Crippen LogP contribution in [0, 0.1) is 10.1 Å². The Bertz CT molecular complexity index is 2640. The summed E-state index contributed by atoms with van der Waals surface area (Å²) in [5.74, 6) is -0.139. The van der Waals surface area contributed by atoms with Gasteiger partial charge in [0.2, 0.25) is 11.9 Å². The van der Waals surface area contributed by atoms with Crippen LogP contribution in [0.4, 0.5) is 28.2 Å². The minimum Gasteiger partial charge on any atom is -0.480 e. The topological polar surface area (TPSA) is 268 Å². The third-order valence-corrected chi connectivity index (χ3v) is 10.6. The number of rotatable bonds is 19. The van der Waals surface area contributed by atoms with E-state index in [2.05, 4.69) is 71.7 Å². The van der Waals surface area contributed by atoms with Gasteiger partial charge in [0.25, 0.3) is 11.6 Å². The van der Waals surface area contributed by atoms with Crippen molar-refractivity contribution in [3.05, 3.63) is 82.4 Å². The minimum absolute atomic E-state index is 0.0444. The number of amides is 1. The molecule has 0 aliphatic heterocycles. The zero-order valence-electron chi connectivity index (χ0n) is 38.5. The van der Waals surface area contributed by atoms with Crippen LogP contribution >= 0.6 is 0 Å². The van der Waals surface area contributed by atoms with Crippen molar-refractivity contribution in [1.82, 2.24) is 39.0 Å². The largest absolute Gasteiger partial charge is 0.480 e. The van der Waals surface area contributed by atoms with E-state index >= 15 is 0 Å². The lowest BCUT2D eigenvalue weighted by molar-refractivity contribution is -0.384. The van der Waals surface area contributed by atoms with E-state index in [1.165, 1.54) is 88.6 Å². The van der Waals surface area contributed by atoms with Crippen molar-refractivity contribution in [1.29, 1.82) is 0 Å². The van der Waals surface area contributed by atoms with E-state index in [4.69, 9.17) is 9.47 Å². The Kier molecular flexibility index (Phi) is 16.6. The van der Waals surface area contributed by atoms with Gasteiger partial charge in [-0.05, 0) is 75.6 Å². The number of non-ortho nitro benzene ring substituents is 1. The first-order valence-electron chi connectivity index (χ1n) is 22.5.